The highest BCUT2D eigenvalue weighted by molar-refractivity contribution is 5.96. The Morgan fingerprint density at radius 3 is 2.39 bits per heavy atom. The molecule has 0 aliphatic carbocycles. The Morgan fingerprint density at radius 1 is 1.04 bits per heavy atom. The Balaban J connectivity index is 1.76. The van der Waals surface area contributed by atoms with E-state index in [2.05, 4.69) is 36.2 Å². The van der Waals surface area contributed by atoms with Crippen LogP contribution < -0.4 is 5.73 Å². The second kappa shape index (κ2) is 9.19. The van der Waals surface area contributed by atoms with Crippen molar-refractivity contribution in [3.63, 3.8) is 0 Å². The summed E-state index contributed by atoms with van der Waals surface area (Å²) in [7, 11) is 0. The number of nitrogens with two attached hydrogens (primary N) is 1. The molecule has 3 nitrogen and oxygen atoms in total. The van der Waals surface area contributed by atoms with Crippen LogP contribution in [0.25, 0.3) is 0 Å². The first kappa shape index (κ1) is 18.2. The van der Waals surface area contributed by atoms with Gasteiger partial charge in [-0.3, -0.25) is 4.99 Å². The Kier molecular flexibility index (Phi) is 7.25. The zero-order chi connectivity index (χ0) is 16.5. The third-order valence-corrected chi connectivity index (χ3v) is 4.93. The molecule has 0 saturated heterocycles. The third-order valence-electron chi connectivity index (χ3n) is 4.93. The highest BCUT2D eigenvalue weighted by atomic mass is 16.3. The van der Waals surface area contributed by atoms with Crippen molar-refractivity contribution in [1.82, 2.24) is 0 Å². The van der Waals surface area contributed by atoms with Crippen LogP contribution in [0.3, 0.4) is 0 Å². The Bertz CT molecular complexity index is 495. The van der Waals surface area contributed by atoms with E-state index in [1.165, 1.54) is 56.1 Å². The second-order valence-electron chi connectivity index (χ2n) is 6.90. The maximum Gasteiger partial charge on any atom is 0.0794 e. The van der Waals surface area contributed by atoms with Gasteiger partial charge in [0.25, 0.3) is 0 Å². The van der Waals surface area contributed by atoms with E-state index >= 15 is 0 Å². The summed E-state index contributed by atoms with van der Waals surface area (Å²) in [5, 5.41) is 9.49. The molecule has 0 bridgehead atoms. The molecule has 1 unspecified atom stereocenters. The van der Waals surface area contributed by atoms with E-state index in [9.17, 15) is 5.11 Å². The smallest absolute Gasteiger partial charge is 0.0794 e. The van der Waals surface area contributed by atoms with Gasteiger partial charge in [-0.2, -0.15) is 0 Å². The lowest BCUT2D eigenvalue weighted by Crippen LogP contribution is -2.49. The van der Waals surface area contributed by atoms with Crippen LogP contribution in [0.5, 0.6) is 0 Å². The number of rotatable bonds is 10. The lowest BCUT2D eigenvalue weighted by molar-refractivity contribution is 0.237. The fourth-order valence-electron chi connectivity index (χ4n) is 3.22. The van der Waals surface area contributed by atoms with Crippen molar-refractivity contribution in [3.05, 3.63) is 35.4 Å². The maximum absolute atomic E-state index is 9.49. The summed E-state index contributed by atoms with van der Waals surface area (Å²) in [6.07, 6.45) is 10.7. The highest BCUT2D eigenvalue weighted by Gasteiger charge is 2.33. The number of nitrogens with zero attached hydrogens (tertiary/aromatic N) is 1. The normalized spacial score (nSPS) is 20.7. The van der Waals surface area contributed by atoms with E-state index in [4.69, 9.17) is 5.73 Å². The summed E-state index contributed by atoms with van der Waals surface area (Å²) in [5.74, 6) is 0. The number of hydrogen-bond acceptors (Lipinski definition) is 3. The van der Waals surface area contributed by atoms with Crippen LogP contribution in [0.2, 0.25) is 0 Å². The molecule has 0 fully saturated rings. The SMILES string of the molecule is CCCCCCCCc1ccc(CC2=NCCC2(N)CO)cc1. The summed E-state index contributed by atoms with van der Waals surface area (Å²) in [4.78, 5) is 4.49. The number of benzene rings is 1. The molecular weight excluding hydrogens is 284 g/mol. The lowest BCUT2D eigenvalue weighted by Gasteiger charge is -2.23. The number of hydrogen-bond donors (Lipinski definition) is 2. The van der Waals surface area contributed by atoms with Gasteiger partial charge in [0.2, 0.25) is 0 Å². The zero-order valence-electron chi connectivity index (χ0n) is 14.6. The van der Waals surface area contributed by atoms with E-state index in [-0.39, 0.29) is 6.61 Å². The molecule has 2 rings (SSSR count). The van der Waals surface area contributed by atoms with E-state index in [1.54, 1.807) is 0 Å². The van der Waals surface area contributed by atoms with Crippen LogP contribution in [0.4, 0.5) is 0 Å². The molecule has 1 heterocycles. The van der Waals surface area contributed by atoms with Gasteiger partial charge < -0.3 is 10.8 Å². The van der Waals surface area contributed by atoms with Crippen LogP contribution in [0.1, 0.15) is 63.0 Å². The molecule has 0 radical (unpaired) electrons. The molecule has 23 heavy (non-hydrogen) atoms. The van der Waals surface area contributed by atoms with Gasteiger partial charge in [0, 0.05) is 18.7 Å². The van der Waals surface area contributed by atoms with Gasteiger partial charge >= 0.3 is 0 Å². The Labute approximate surface area is 141 Å². The molecule has 128 valence electrons. The molecule has 1 atom stereocenters. The summed E-state index contributed by atoms with van der Waals surface area (Å²) < 4.78 is 0. The van der Waals surface area contributed by atoms with Crippen LogP contribution in [-0.2, 0) is 12.8 Å². The fourth-order valence-corrected chi connectivity index (χ4v) is 3.22. The van der Waals surface area contributed by atoms with Crippen molar-refractivity contribution < 1.29 is 5.11 Å². The molecule has 0 saturated carbocycles. The van der Waals surface area contributed by atoms with Crippen LogP contribution in [-0.4, -0.2) is 29.5 Å². The Hall–Kier alpha value is -1.19. The highest BCUT2D eigenvalue weighted by Crippen LogP contribution is 2.20. The van der Waals surface area contributed by atoms with Gasteiger partial charge in [0.1, 0.15) is 0 Å². The summed E-state index contributed by atoms with van der Waals surface area (Å²) in [6, 6.07) is 8.83. The van der Waals surface area contributed by atoms with E-state index in [0.29, 0.717) is 0 Å². The maximum atomic E-state index is 9.49. The zero-order valence-corrected chi connectivity index (χ0v) is 14.6. The molecule has 0 aromatic heterocycles. The van der Waals surface area contributed by atoms with E-state index < -0.39 is 5.54 Å². The molecule has 3 N–H and O–H groups in total. The molecule has 1 aromatic carbocycles. The van der Waals surface area contributed by atoms with Gasteiger partial charge in [0.05, 0.1) is 12.1 Å². The molecular formula is C20H32N2O. The monoisotopic (exact) mass is 316 g/mol. The number of aryl methyl sites for hydroxylation is 1. The van der Waals surface area contributed by atoms with Crippen molar-refractivity contribution in [1.29, 1.82) is 0 Å². The van der Waals surface area contributed by atoms with Gasteiger partial charge in [-0.25, -0.2) is 0 Å². The number of aliphatic hydroxyl groups is 1. The molecule has 1 aromatic rings. The van der Waals surface area contributed by atoms with Crippen molar-refractivity contribution in [2.75, 3.05) is 13.2 Å². The van der Waals surface area contributed by atoms with Crippen LogP contribution in [0, 0.1) is 0 Å². The van der Waals surface area contributed by atoms with E-state index in [1.807, 2.05) is 0 Å². The quantitative estimate of drug-likeness (QED) is 0.647. The van der Waals surface area contributed by atoms with Crippen molar-refractivity contribution in [2.45, 2.75) is 70.3 Å². The lowest BCUT2D eigenvalue weighted by atomic mass is 9.90. The predicted molar refractivity (Wildman–Crippen MR) is 98.1 cm³/mol. The first-order valence-electron chi connectivity index (χ1n) is 9.19. The second-order valence-corrected chi connectivity index (χ2v) is 6.90. The predicted octanol–water partition coefficient (Wildman–Crippen LogP) is 3.67. The van der Waals surface area contributed by atoms with Gasteiger partial charge in [0.15, 0.2) is 0 Å². The van der Waals surface area contributed by atoms with Gasteiger partial charge in [-0.05, 0) is 30.4 Å². The first-order chi connectivity index (χ1) is 11.2. The standard InChI is InChI=1S/C20H32N2O/c1-2-3-4-5-6-7-8-17-9-11-18(12-10-17)15-19-20(21,16-23)13-14-22-19/h9-12,23H,2-8,13-16,21H2,1H3. The topological polar surface area (TPSA) is 58.6 Å². The minimum Gasteiger partial charge on any atom is -0.394 e. The number of unbranched alkanes of at least 4 members (excludes halogenated alkanes) is 5. The van der Waals surface area contributed by atoms with E-state index in [0.717, 1.165) is 25.1 Å². The molecule has 1 aliphatic heterocycles. The Morgan fingerprint density at radius 2 is 1.70 bits per heavy atom. The first-order valence-corrected chi connectivity index (χ1v) is 9.19. The summed E-state index contributed by atoms with van der Waals surface area (Å²) >= 11 is 0. The number of aliphatic hydroxyl groups excluding tert-OH is 1. The van der Waals surface area contributed by atoms with Crippen LogP contribution in [0.15, 0.2) is 29.3 Å². The van der Waals surface area contributed by atoms with Crippen molar-refractivity contribution in [2.24, 2.45) is 10.7 Å². The average Bonchev–Trinajstić information content (AvgIpc) is 2.94. The summed E-state index contributed by atoms with van der Waals surface area (Å²) in [6.45, 7) is 2.98. The average molecular weight is 316 g/mol. The van der Waals surface area contributed by atoms with Crippen molar-refractivity contribution >= 4 is 5.71 Å². The molecule has 0 spiro atoms. The van der Waals surface area contributed by atoms with Crippen molar-refractivity contribution in [3.8, 4) is 0 Å². The fraction of sp³-hybridized carbons (Fsp3) is 0.650. The van der Waals surface area contributed by atoms with Gasteiger partial charge in [-0.15, -0.1) is 0 Å². The molecule has 1 aliphatic rings. The minimum atomic E-state index is -0.600. The molecule has 3 heteroatoms. The number of aliphatic imine (C=N–C) groups is 1. The van der Waals surface area contributed by atoms with Gasteiger partial charge in [-0.1, -0.05) is 63.3 Å². The third kappa shape index (κ3) is 5.43. The minimum absolute atomic E-state index is 0.0120. The largest absolute Gasteiger partial charge is 0.394 e. The summed E-state index contributed by atoms with van der Waals surface area (Å²) in [5.41, 5.74) is 9.22. The molecule has 0 amide bonds. The van der Waals surface area contributed by atoms with Crippen LogP contribution >= 0.6 is 0 Å².